The summed E-state index contributed by atoms with van der Waals surface area (Å²) in [6.07, 6.45) is -4.09. The fourth-order valence-corrected chi connectivity index (χ4v) is 4.95. The molecule has 2 unspecified atom stereocenters. The zero-order valence-corrected chi connectivity index (χ0v) is 20.2. The number of guanidine groups is 1. The van der Waals surface area contributed by atoms with Gasteiger partial charge >= 0.3 is 6.36 Å². The first-order chi connectivity index (χ1) is 13.4. The Kier molecular flexibility index (Phi) is 7.58. The quantitative estimate of drug-likeness (QED) is 0.346. The van der Waals surface area contributed by atoms with Crippen LogP contribution in [0.4, 0.5) is 13.2 Å². The lowest BCUT2D eigenvalue weighted by atomic mass is 10.1. The SMILES string of the molecule is CCN=C(NC1CC1c1ccccc1OC(F)(F)F)N1CCS(=O)(=O)C(C)(C)C1.I. The van der Waals surface area contributed by atoms with E-state index in [9.17, 15) is 21.6 Å². The molecule has 30 heavy (non-hydrogen) atoms. The summed E-state index contributed by atoms with van der Waals surface area (Å²) in [5.74, 6) is 0.323. The van der Waals surface area contributed by atoms with Crippen molar-refractivity contribution in [3.8, 4) is 5.75 Å². The fourth-order valence-electron chi connectivity index (χ4n) is 3.58. The van der Waals surface area contributed by atoms with Gasteiger partial charge in [-0.15, -0.1) is 37.1 Å². The second-order valence-corrected chi connectivity index (χ2v) is 10.7. The summed E-state index contributed by atoms with van der Waals surface area (Å²) < 4.78 is 65.8. The maximum atomic E-state index is 12.7. The molecule has 2 aliphatic rings. The van der Waals surface area contributed by atoms with E-state index in [0.717, 1.165) is 0 Å². The third-order valence-corrected chi connectivity index (χ3v) is 7.83. The number of rotatable bonds is 4. The van der Waals surface area contributed by atoms with Gasteiger partial charge in [0.1, 0.15) is 5.75 Å². The highest BCUT2D eigenvalue weighted by molar-refractivity contribution is 14.0. The molecule has 1 heterocycles. The second kappa shape index (κ2) is 9.09. The Bertz CT molecular complexity index is 891. The van der Waals surface area contributed by atoms with Gasteiger partial charge in [-0.2, -0.15) is 0 Å². The van der Waals surface area contributed by atoms with Gasteiger partial charge in [0.05, 0.1) is 10.5 Å². The molecule has 6 nitrogen and oxygen atoms in total. The van der Waals surface area contributed by atoms with Crippen LogP contribution >= 0.6 is 24.0 Å². The molecular formula is C19H27F3IN3O3S. The van der Waals surface area contributed by atoms with Crippen molar-refractivity contribution in [2.45, 2.75) is 50.3 Å². The molecule has 1 aliphatic heterocycles. The Morgan fingerprint density at radius 3 is 2.60 bits per heavy atom. The van der Waals surface area contributed by atoms with Crippen molar-refractivity contribution in [2.75, 3.05) is 25.4 Å². The minimum Gasteiger partial charge on any atom is -0.405 e. The summed E-state index contributed by atoms with van der Waals surface area (Å²) in [5.41, 5.74) is 0.500. The number of nitrogens with zero attached hydrogens (tertiary/aromatic N) is 2. The maximum absolute atomic E-state index is 12.7. The number of nitrogens with one attached hydrogen (secondary N) is 1. The fraction of sp³-hybridized carbons (Fsp3) is 0.632. The van der Waals surface area contributed by atoms with E-state index in [1.807, 2.05) is 11.8 Å². The zero-order valence-electron chi connectivity index (χ0n) is 17.1. The number of sulfone groups is 1. The molecule has 0 amide bonds. The van der Waals surface area contributed by atoms with E-state index in [2.05, 4.69) is 15.0 Å². The Balaban J connectivity index is 0.00000320. The molecule has 0 aromatic heterocycles. The Hall–Kier alpha value is -1.24. The van der Waals surface area contributed by atoms with E-state index in [4.69, 9.17) is 0 Å². The van der Waals surface area contributed by atoms with Gasteiger partial charge in [-0.3, -0.25) is 4.99 Å². The first kappa shape index (κ1) is 25.0. The molecule has 0 spiro atoms. The molecule has 0 bridgehead atoms. The topological polar surface area (TPSA) is 71.0 Å². The first-order valence-corrected chi connectivity index (χ1v) is 11.2. The van der Waals surface area contributed by atoms with Crippen LogP contribution < -0.4 is 10.1 Å². The Morgan fingerprint density at radius 2 is 2.00 bits per heavy atom. The van der Waals surface area contributed by atoms with Gasteiger partial charge in [0, 0.05) is 31.6 Å². The third-order valence-electron chi connectivity index (χ3n) is 5.30. The van der Waals surface area contributed by atoms with Crippen molar-refractivity contribution in [2.24, 2.45) is 4.99 Å². The van der Waals surface area contributed by atoms with Crippen LogP contribution in [0.2, 0.25) is 0 Å². The minimum absolute atomic E-state index is 0. The lowest BCUT2D eigenvalue weighted by molar-refractivity contribution is -0.274. The second-order valence-electron chi connectivity index (χ2n) is 7.98. The van der Waals surface area contributed by atoms with Crippen LogP contribution in [-0.4, -0.2) is 61.8 Å². The number of halogens is 4. The highest BCUT2D eigenvalue weighted by Gasteiger charge is 2.45. The van der Waals surface area contributed by atoms with E-state index in [0.29, 0.717) is 37.6 Å². The van der Waals surface area contributed by atoms with Crippen molar-refractivity contribution in [1.82, 2.24) is 10.2 Å². The van der Waals surface area contributed by atoms with E-state index in [-0.39, 0.29) is 47.4 Å². The van der Waals surface area contributed by atoms with Crippen LogP contribution in [0.15, 0.2) is 29.3 Å². The predicted octanol–water partition coefficient (Wildman–Crippen LogP) is 3.53. The van der Waals surface area contributed by atoms with Crippen LogP contribution in [0.5, 0.6) is 5.75 Å². The standard InChI is InChI=1S/C19H26F3N3O3S.HI/c1-4-23-17(25-9-10-29(26,27)18(2,3)12-25)24-15-11-14(15)13-7-5-6-8-16(13)28-19(20,21)22;/h5-8,14-15H,4,9-12H2,1-3H3,(H,23,24);1H. The monoisotopic (exact) mass is 561 g/mol. The van der Waals surface area contributed by atoms with E-state index < -0.39 is 20.9 Å². The smallest absolute Gasteiger partial charge is 0.405 e. The molecule has 1 N–H and O–H groups in total. The van der Waals surface area contributed by atoms with E-state index in [1.165, 1.54) is 12.1 Å². The normalized spacial score (nSPS) is 25.3. The van der Waals surface area contributed by atoms with Gasteiger partial charge in [-0.25, -0.2) is 8.42 Å². The van der Waals surface area contributed by atoms with Crippen LogP contribution in [0.3, 0.4) is 0 Å². The van der Waals surface area contributed by atoms with Crippen molar-refractivity contribution in [3.05, 3.63) is 29.8 Å². The van der Waals surface area contributed by atoms with E-state index >= 15 is 0 Å². The summed E-state index contributed by atoms with van der Waals surface area (Å²) in [6.45, 7) is 6.43. The average Bonchev–Trinajstić information content (AvgIpc) is 3.35. The first-order valence-electron chi connectivity index (χ1n) is 9.56. The van der Waals surface area contributed by atoms with Crippen molar-refractivity contribution >= 4 is 39.8 Å². The number of hydrogen-bond acceptors (Lipinski definition) is 4. The molecule has 2 atom stereocenters. The zero-order chi connectivity index (χ0) is 21.4. The van der Waals surface area contributed by atoms with Gasteiger partial charge in [-0.1, -0.05) is 18.2 Å². The van der Waals surface area contributed by atoms with Crippen molar-refractivity contribution < 1.29 is 26.3 Å². The third kappa shape index (κ3) is 5.71. The molecule has 3 rings (SSSR count). The Labute approximate surface area is 192 Å². The van der Waals surface area contributed by atoms with Crippen molar-refractivity contribution in [1.29, 1.82) is 0 Å². The van der Waals surface area contributed by atoms with Gasteiger partial charge in [0.15, 0.2) is 15.8 Å². The summed E-state index contributed by atoms with van der Waals surface area (Å²) in [7, 11) is -3.18. The van der Waals surface area contributed by atoms with Crippen LogP contribution in [0.25, 0.3) is 0 Å². The number of alkyl halides is 3. The highest BCUT2D eigenvalue weighted by atomic mass is 127. The van der Waals surface area contributed by atoms with Gasteiger partial charge < -0.3 is 15.0 Å². The molecule has 1 aromatic carbocycles. The molecule has 0 radical (unpaired) electrons. The summed E-state index contributed by atoms with van der Waals surface area (Å²) in [4.78, 5) is 6.39. The molecule has 2 fully saturated rings. The van der Waals surface area contributed by atoms with Crippen molar-refractivity contribution in [3.63, 3.8) is 0 Å². The summed E-state index contributed by atoms with van der Waals surface area (Å²) in [5, 5.41) is 3.31. The summed E-state index contributed by atoms with van der Waals surface area (Å²) >= 11 is 0. The van der Waals surface area contributed by atoms with Crippen LogP contribution in [0.1, 0.15) is 38.7 Å². The largest absolute Gasteiger partial charge is 0.573 e. The van der Waals surface area contributed by atoms with Crippen LogP contribution in [0, 0.1) is 0 Å². The maximum Gasteiger partial charge on any atom is 0.573 e. The molecule has 170 valence electrons. The molecule has 1 saturated carbocycles. The van der Waals surface area contributed by atoms with Gasteiger partial charge in [0.2, 0.25) is 0 Å². The molecular weight excluding hydrogens is 534 g/mol. The predicted molar refractivity (Wildman–Crippen MR) is 120 cm³/mol. The lowest BCUT2D eigenvalue weighted by Gasteiger charge is -2.39. The summed E-state index contributed by atoms with van der Waals surface area (Å²) in [6, 6.07) is 6.07. The number of aliphatic imine (C=N–C) groups is 1. The number of ether oxygens (including phenoxy) is 1. The number of para-hydroxylation sites is 1. The molecule has 1 saturated heterocycles. The lowest BCUT2D eigenvalue weighted by Crippen LogP contribution is -2.57. The number of hydrogen-bond donors (Lipinski definition) is 1. The minimum atomic E-state index is -4.74. The molecule has 1 aromatic rings. The molecule has 11 heteroatoms. The van der Waals surface area contributed by atoms with E-state index in [1.54, 1.807) is 26.0 Å². The molecule has 1 aliphatic carbocycles. The van der Waals surface area contributed by atoms with Gasteiger partial charge in [-0.05, 0) is 38.8 Å². The highest BCUT2D eigenvalue weighted by Crippen LogP contribution is 2.45. The Morgan fingerprint density at radius 1 is 1.33 bits per heavy atom. The number of benzene rings is 1. The average molecular weight is 561 g/mol. The van der Waals surface area contributed by atoms with Gasteiger partial charge in [0.25, 0.3) is 0 Å². The van der Waals surface area contributed by atoms with Crippen LogP contribution in [-0.2, 0) is 9.84 Å².